The largest absolute Gasteiger partial charge is 0.336 e. The smallest absolute Gasteiger partial charge is 0.317 e. The lowest BCUT2D eigenvalue weighted by Gasteiger charge is -2.33. The molecule has 2 N–H and O–H groups in total. The van der Waals surface area contributed by atoms with Crippen molar-refractivity contribution in [2.75, 3.05) is 27.2 Å². The normalized spacial score (nSPS) is 21.7. The number of aromatic nitrogens is 2. The van der Waals surface area contributed by atoms with Crippen LogP contribution < -0.4 is 5.32 Å². The molecule has 0 radical (unpaired) electrons. The maximum atomic E-state index is 12.3. The minimum Gasteiger partial charge on any atom is -0.336 e. The van der Waals surface area contributed by atoms with Crippen LogP contribution in [0.5, 0.6) is 0 Å². The summed E-state index contributed by atoms with van der Waals surface area (Å²) in [7, 11) is 4.00. The molecule has 0 aromatic carbocycles. The lowest BCUT2D eigenvalue weighted by Crippen LogP contribution is -2.47. The molecule has 6 nitrogen and oxygen atoms in total. The van der Waals surface area contributed by atoms with Crippen LogP contribution in [0.2, 0.25) is 0 Å². The number of likely N-dealkylation sites (tertiary alicyclic amines) is 1. The van der Waals surface area contributed by atoms with E-state index in [1.807, 2.05) is 7.05 Å². The third-order valence-corrected chi connectivity index (χ3v) is 5.29. The van der Waals surface area contributed by atoms with Crippen molar-refractivity contribution >= 4 is 6.03 Å². The van der Waals surface area contributed by atoms with Crippen LogP contribution >= 0.6 is 0 Å². The standard InChI is InChI=1S/C17H29N5O/c1-21-10-6-5-7-13(21)11-18-17(23)22(2)12-16-14-8-3-4-9-15(14)19-20-16/h13H,3-12H2,1-2H3,(H,18,23)(H,19,20)/t13-/m1/s1. The van der Waals surface area contributed by atoms with E-state index in [0.29, 0.717) is 12.6 Å². The lowest BCUT2D eigenvalue weighted by molar-refractivity contribution is 0.171. The van der Waals surface area contributed by atoms with Gasteiger partial charge in [0.15, 0.2) is 0 Å². The fourth-order valence-electron chi connectivity index (χ4n) is 3.72. The second kappa shape index (κ2) is 7.34. The molecule has 2 heterocycles. The number of aromatic amines is 1. The summed E-state index contributed by atoms with van der Waals surface area (Å²) in [4.78, 5) is 16.4. The number of rotatable bonds is 4. The molecule has 0 spiro atoms. The summed E-state index contributed by atoms with van der Waals surface area (Å²) >= 11 is 0. The zero-order chi connectivity index (χ0) is 16.2. The summed E-state index contributed by atoms with van der Waals surface area (Å²) in [5, 5.41) is 10.7. The number of amides is 2. The van der Waals surface area contributed by atoms with E-state index in [2.05, 4.69) is 27.5 Å². The molecule has 1 fully saturated rings. The van der Waals surface area contributed by atoms with Crippen molar-refractivity contribution in [3.63, 3.8) is 0 Å². The molecule has 23 heavy (non-hydrogen) atoms. The first-order chi connectivity index (χ1) is 11.1. The van der Waals surface area contributed by atoms with E-state index in [0.717, 1.165) is 31.6 Å². The minimum absolute atomic E-state index is 0.00321. The van der Waals surface area contributed by atoms with Gasteiger partial charge in [0.25, 0.3) is 0 Å². The number of carbonyl (C=O) groups is 1. The number of likely N-dealkylation sites (N-methyl/N-ethyl adjacent to an activating group) is 1. The molecule has 1 aliphatic carbocycles. The first kappa shape index (κ1) is 16.3. The van der Waals surface area contributed by atoms with Crippen LogP contribution in [0.25, 0.3) is 0 Å². The van der Waals surface area contributed by atoms with Crippen LogP contribution in [0.4, 0.5) is 4.79 Å². The fraction of sp³-hybridized carbons (Fsp3) is 0.765. The summed E-state index contributed by atoms with van der Waals surface area (Å²) in [5.74, 6) is 0. The Morgan fingerprint density at radius 2 is 2.17 bits per heavy atom. The first-order valence-electron chi connectivity index (χ1n) is 8.89. The van der Waals surface area contributed by atoms with Gasteiger partial charge in [-0.05, 0) is 57.7 Å². The predicted octanol–water partition coefficient (Wildman–Crippen LogP) is 1.91. The molecular formula is C17H29N5O. The highest BCUT2D eigenvalue weighted by molar-refractivity contribution is 5.73. The van der Waals surface area contributed by atoms with Crippen LogP contribution in [0.3, 0.4) is 0 Å². The van der Waals surface area contributed by atoms with E-state index in [9.17, 15) is 4.79 Å². The quantitative estimate of drug-likeness (QED) is 0.891. The average molecular weight is 319 g/mol. The highest BCUT2D eigenvalue weighted by Crippen LogP contribution is 2.22. The third kappa shape index (κ3) is 3.86. The molecule has 3 rings (SSSR count). The molecular weight excluding hydrogens is 290 g/mol. The minimum atomic E-state index is -0.00321. The van der Waals surface area contributed by atoms with Crippen molar-refractivity contribution in [1.82, 2.24) is 25.3 Å². The number of hydrogen-bond donors (Lipinski definition) is 2. The number of H-pyrrole nitrogens is 1. The van der Waals surface area contributed by atoms with Crippen molar-refractivity contribution in [3.05, 3.63) is 17.0 Å². The topological polar surface area (TPSA) is 64.3 Å². The maximum absolute atomic E-state index is 12.3. The van der Waals surface area contributed by atoms with Gasteiger partial charge in [-0.25, -0.2) is 4.79 Å². The lowest BCUT2D eigenvalue weighted by atomic mass is 9.96. The molecule has 2 aliphatic rings. The van der Waals surface area contributed by atoms with Gasteiger partial charge < -0.3 is 15.1 Å². The molecule has 6 heteroatoms. The number of aryl methyl sites for hydroxylation is 1. The molecule has 1 saturated heterocycles. The zero-order valence-corrected chi connectivity index (χ0v) is 14.4. The van der Waals surface area contributed by atoms with E-state index in [-0.39, 0.29) is 6.03 Å². The molecule has 0 bridgehead atoms. The van der Waals surface area contributed by atoms with E-state index < -0.39 is 0 Å². The molecule has 0 saturated carbocycles. The number of nitrogens with one attached hydrogen (secondary N) is 2. The first-order valence-corrected chi connectivity index (χ1v) is 8.89. The number of hydrogen-bond acceptors (Lipinski definition) is 3. The number of urea groups is 1. The van der Waals surface area contributed by atoms with Crippen molar-refractivity contribution < 1.29 is 4.79 Å². The predicted molar refractivity (Wildman–Crippen MR) is 90.4 cm³/mol. The SMILES string of the molecule is CN(Cc1n[nH]c2c1CCCC2)C(=O)NC[C@H]1CCCCN1C. The van der Waals surface area contributed by atoms with E-state index in [1.165, 1.54) is 43.4 Å². The van der Waals surface area contributed by atoms with Gasteiger partial charge in [-0.15, -0.1) is 0 Å². The second-order valence-corrected chi connectivity index (χ2v) is 7.01. The van der Waals surface area contributed by atoms with Crippen molar-refractivity contribution in [2.24, 2.45) is 0 Å². The maximum Gasteiger partial charge on any atom is 0.317 e. The molecule has 1 aromatic heterocycles. The van der Waals surface area contributed by atoms with Gasteiger partial charge in [-0.2, -0.15) is 5.10 Å². The Morgan fingerprint density at radius 1 is 1.35 bits per heavy atom. The Bertz CT molecular complexity index is 541. The summed E-state index contributed by atoms with van der Waals surface area (Å²) < 4.78 is 0. The van der Waals surface area contributed by atoms with Crippen LogP contribution in [0.15, 0.2) is 0 Å². The highest BCUT2D eigenvalue weighted by atomic mass is 16.2. The average Bonchev–Trinajstić information content (AvgIpc) is 2.97. The number of fused-ring (bicyclic) bond motifs is 1. The molecule has 128 valence electrons. The summed E-state index contributed by atoms with van der Waals surface area (Å²) in [5.41, 5.74) is 3.64. The van der Waals surface area contributed by atoms with Gasteiger partial charge >= 0.3 is 6.03 Å². The van der Waals surface area contributed by atoms with E-state index in [1.54, 1.807) is 4.90 Å². The molecule has 2 amide bonds. The van der Waals surface area contributed by atoms with Crippen LogP contribution in [0, 0.1) is 0 Å². The molecule has 1 aromatic rings. The van der Waals surface area contributed by atoms with Crippen molar-refractivity contribution in [2.45, 2.75) is 57.5 Å². The Kier molecular flexibility index (Phi) is 5.20. The highest BCUT2D eigenvalue weighted by Gasteiger charge is 2.22. The van der Waals surface area contributed by atoms with Gasteiger partial charge in [-0.1, -0.05) is 6.42 Å². The number of piperidine rings is 1. The number of carbonyl (C=O) groups excluding carboxylic acids is 1. The van der Waals surface area contributed by atoms with Crippen LogP contribution in [0.1, 0.15) is 49.1 Å². The zero-order valence-electron chi connectivity index (χ0n) is 14.4. The van der Waals surface area contributed by atoms with Crippen molar-refractivity contribution in [1.29, 1.82) is 0 Å². The van der Waals surface area contributed by atoms with Gasteiger partial charge in [0.2, 0.25) is 0 Å². The van der Waals surface area contributed by atoms with Crippen LogP contribution in [-0.4, -0.2) is 59.3 Å². The van der Waals surface area contributed by atoms with Crippen molar-refractivity contribution in [3.8, 4) is 0 Å². The summed E-state index contributed by atoms with van der Waals surface area (Å²) in [6.07, 6.45) is 8.34. The fourth-order valence-corrected chi connectivity index (χ4v) is 3.72. The van der Waals surface area contributed by atoms with Gasteiger partial charge in [0.1, 0.15) is 0 Å². The Balaban J connectivity index is 1.50. The summed E-state index contributed by atoms with van der Waals surface area (Å²) in [6, 6.07) is 0.468. The molecule has 1 atom stereocenters. The molecule has 0 unspecified atom stereocenters. The second-order valence-electron chi connectivity index (χ2n) is 7.01. The monoisotopic (exact) mass is 319 g/mol. The Labute approximate surface area is 138 Å². The van der Waals surface area contributed by atoms with E-state index >= 15 is 0 Å². The number of nitrogens with zero attached hydrogens (tertiary/aromatic N) is 3. The van der Waals surface area contributed by atoms with Gasteiger partial charge in [0, 0.05) is 25.3 Å². The summed E-state index contributed by atoms with van der Waals surface area (Å²) in [6.45, 7) is 2.45. The Morgan fingerprint density at radius 3 is 3.00 bits per heavy atom. The van der Waals surface area contributed by atoms with Gasteiger partial charge in [0.05, 0.1) is 12.2 Å². The third-order valence-electron chi connectivity index (χ3n) is 5.29. The van der Waals surface area contributed by atoms with E-state index in [4.69, 9.17) is 0 Å². The van der Waals surface area contributed by atoms with Gasteiger partial charge in [-0.3, -0.25) is 5.10 Å². The van der Waals surface area contributed by atoms with Crippen LogP contribution in [-0.2, 0) is 19.4 Å². The Hall–Kier alpha value is -1.56. The molecule has 1 aliphatic heterocycles.